The molecule has 0 aromatic rings. The highest BCUT2D eigenvalue weighted by molar-refractivity contribution is 5.69. The van der Waals surface area contributed by atoms with E-state index in [2.05, 4.69) is 0 Å². The van der Waals surface area contributed by atoms with Gasteiger partial charge in [0.1, 0.15) is 6.61 Å². The summed E-state index contributed by atoms with van der Waals surface area (Å²) in [6, 6.07) is 0.378. The highest BCUT2D eigenvalue weighted by atomic mass is 16.6. The maximum absolute atomic E-state index is 11.3. The average molecular weight is 184 g/mol. The number of cyclic esters (lactones) is 1. The Bertz CT molecular complexity index is 208. The highest BCUT2D eigenvalue weighted by Crippen LogP contribution is 2.23. The molecule has 2 rings (SSSR count). The lowest BCUT2D eigenvalue weighted by Gasteiger charge is -2.34. The van der Waals surface area contributed by atoms with Crippen LogP contribution in [0, 0.1) is 0 Å². The van der Waals surface area contributed by atoms with Gasteiger partial charge in [-0.2, -0.15) is 0 Å². The molecule has 2 fully saturated rings. The summed E-state index contributed by atoms with van der Waals surface area (Å²) in [6.07, 6.45) is 4.27. The Morgan fingerprint density at radius 1 is 1.38 bits per heavy atom. The molecule has 1 heterocycles. The predicted octanol–water partition coefficient (Wildman–Crippen LogP) is 0.708. The first-order valence-electron chi connectivity index (χ1n) is 4.98. The van der Waals surface area contributed by atoms with Crippen molar-refractivity contribution < 1.29 is 9.53 Å². The van der Waals surface area contributed by atoms with Crippen LogP contribution in [0.3, 0.4) is 0 Å². The Hall–Kier alpha value is -0.770. The summed E-state index contributed by atoms with van der Waals surface area (Å²) in [5, 5.41) is 0. The molecular weight excluding hydrogens is 168 g/mol. The van der Waals surface area contributed by atoms with Crippen LogP contribution in [-0.4, -0.2) is 36.2 Å². The standard InChI is InChI=1S/C9H16N2O2/c10-7-3-1-2-4-8(7)11-5-6-13-9(11)12/h7-8H,1-6,10H2/t7-,8-/m0/s1. The van der Waals surface area contributed by atoms with Gasteiger partial charge in [0, 0.05) is 6.04 Å². The van der Waals surface area contributed by atoms with Crippen LogP contribution < -0.4 is 5.73 Å². The van der Waals surface area contributed by atoms with Crippen LogP contribution >= 0.6 is 0 Å². The van der Waals surface area contributed by atoms with Crippen molar-refractivity contribution >= 4 is 6.09 Å². The van der Waals surface area contributed by atoms with Crippen molar-refractivity contribution in [1.82, 2.24) is 4.90 Å². The quantitative estimate of drug-likeness (QED) is 0.653. The SMILES string of the molecule is N[C@H]1CCCC[C@@H]1N1CCOC1=O. The number of carbonyl (C=O) groups excluding carboxylic acids is 1. The molecule has 1 saturated heterocycles. The van der Waals surface area contributed by atoms with Gasteiger partial charge in [0.05, 0.1) is 12.6 Å². The van der Waals surface area contributed by atoms with Gasteiger partial charge in [-0.3, -0.25) is 0 Å². The molecule has 0 bridgehead atoms. The summed E-state index contributed by atoms with van der Waals surface area (Å²) >= 11 is 0. The number of carbonyl (C=O) groups is 1. The number of rotatable bonds is 1. The second-order valence-electron chi connectivity index (χ2n) is 3.82. The molecule has 2 atom stereocenters. The molecule has 2 aliphatic rings. The van der Waals surface area contributed by atoms with Gasteiger partial charge in [-0.15, -0.1) is 0 Å². The lowest BCUT2D eigenvalue weighted by atomic mass is 9.90. The van der Waals surface area contributed by atoms with Crippen molar-refractivity contribution in [1.29, 1.82) is 0 Å². The van der Waals surface area contributed by atoms with Crippen LogP contribution in [0.1, 0.15) is 25.7 Å². The van der Waals surface area contributed by atoms with Gasteiger partial charge in [0.2, 0.25) is 0 Å². The number of hydrogen-bond donors (Lipinski definition) is 1. The van der Waals surface area contributed by atoms with E-state index in [1.165, 1.54) is 12.8 Å². The summed E-state index contributed by atoms with van der Waals surface area (Å²) in [7, 11) is 0. The minimum Gasteiger partial charge on any atom is -0.448 e. The summed E-state index contributed by atoms with van der Waals surface area (Å²) < 4.78 is 4.90. The van der Waals surface area contributed by atoms with Gasteiger partial charge in [0.15, 0.2) is 0 Å². The summed E-state index contributed by atoms with van der Waals surface area (Å²) in [5.74, 6) is 0. The largest absolute Gasteiger partial charge is 0.448 e. The molecule has 0 unspecified atom stereocenters. The Balaban J connectivity index is 2.01. The fourth-order valence-electron chi connectivity index (χ4n) is 2.23. The van der Waals surface area contributed by atoms with Crippen LogP contribution in [0.4, 0.5) is 4.79 Å². The third kappa shape index (κ3) is 1.63. The second-order valence-corrected chi connectivity index (χ2v) is 3.82. The second kappa shape index (κ2) is 3.54. The molecule has 0 aromatic carbocycles. The molecule has 1 aliphatic carbocycles. The zero-order valence-electron chi connectivity index (χ0n) is 7.74. The van der Waals surface area contributed by atoms with Crippen LogP contribution in [0.25, 0.3) is 0 Å². The minimum absolute atomic E-state index is 0.152. The van der Waals surface area contributed by atoms with Crippen LogP contribution in [0.5, 0.6) is 0 Å². The van der Waals surface area contributed by atoms with E-state index in [1.54, 1.807) is 4.90 Å². The van der Waals surface area contributed by atoms with Crippen LogP contribution in [0.2, 0.25) is 0 Å². The van der Waals surface area contributed by atoms with Crippen LogP contribution in [0.15, 0.2) is 0 Å². The third-order valence-electron chi connectivity index (χ3n) is 2.97. The lowest BCUT2D eigenvalue weighted by molar-refractivity contribution is 0.132. The first-order chi connectivity index (χ1) is 6.29. The molecule has 74 valence electrons. The zero-order valence-corrected chi connectivity index (χ0v) is 7.74. The normalized spacial score (nSPS) is 34.8. The third-order valence-corrected chi connectivity index (χ3v) is 2.97. The summed E-state index contributed by atoms with van der Waals surface area (Å²) in [5.41, 5.74) is 5.97. The Morgan fingerprint density at radius 3 is 2.77 bits per heavy atom. The van der Waals surface area contributed by atoms with E-state index in [0.717, 1.165) is 19.4 Å². The van der Waals surface area contributed by atoms with Gasteiger partial charge in [-0.1, -0.05) is 12.8 Å². The van der Waals surface area contributed by atoms with Crippen molar-refractivity contribution in [3.63, 3.8) is 0 Å². The maximum atomic E-state index is 11.3. The van der Waals surface area contributed by atoms with Crippen molar-refractivity contribution in [2.45, 2.75) is 37.8 Å². The van der Waals surface area contributed by atoms with Gasteiger partial charge < -0.3 is 15.4 Å². The molecule has 4 nitrogen and oxygen atoms in total. The van der Waals surface area contributed by atoms with Crippen molar-refractivity contribution in [3.8, 4) is 0 Å². The van der Waals surface area contributed by atoms with E-state index in [0.29, 0.717) is 6.61 Å². The lowest BCUT2D eigenvalue weighted by Crippen LogP contribution is -2.49. The molecule has 0 spiro atoms. The molecular formula is C9H16N2O2. The highest BCUT2D eigenvalue weighted by Gasteiger charge is 2.34. The van der Waals surface area contributed by atoms with E-state index in [1.807, 2.05) is 0 Å². The first kappa shape index (κ1) is 8.81. The molecule has 1 saturated carbocycles. The van der Waals surface area contributed by atoms with Gasteiger partial charge >= 0.3 is 6.09 Å². The van der Waals surface area contributed by atoms with Gasteiger partial charge in [-0.05, 0) is 12.8 Å². The monoisotopic (exact) mass is 184 g/mol. The van der Waals surface area contributed by atoms with E-state index < -0.39 is 0 Å². The van der Waals surface area contributed by atoms with E-state index in [9.17, 15) is 4.79 Å². The molecule has 0 radical (unpaired) electrons. The minimum atomic E-state index is -0.178. The van der Waals surface area contributed by atoms with E-state index >= 15 is 0 Å². The molecule has 1 aliphatic heterocycles. The summed E-state index contributed by atoms with van der Waals surface area (Å²) in [6.45, 7) is 1.25. The molecule has 4 heteroatoms. The van der Waals surface area contributed by atoms with Gasteiger partial charge in [0.25, 0.3) is 0 Å². The fourth-order valence-corrected chi connectivity index (χ4v) is 2.23. The number of nitrogens with two attached hydrogens (primary N) is 1. The average Bonchev–Trinajstić information content (AvgIpc) is 2.52. The number of ether oxygens (including phenoxy) is 1. The summed E-state index contributed by atoms with van der Waals surface area (Å²) in [4.78, 5) is 13.1. The smallest absolute Gasteiger partial charge is 0.410 e. The topological polar surface area (TPSA) is 55.6 Å². The van der Waals surface area contributed by atoms with E-state index in [-0.39, 0.29) is 18.2 Å². The molecule has 2 N–H and O–H groups in total. The van der Waals surface area contributed by atoms with Crippen molar-refractivity contribution in [2.24, 2.45) is 5.73 Å². The Morgan fingerprint density at radius 2 is 2.15 bits per heavy atom. The van der Waals surface area contributed by atoms with Crippen LogP contribution in [-0.2, 0) is 4.74 Å². The zero-order chi connectivity index (χ0) is 9.26. The Labute approximate surface area is 78.0 Å². The Kier molecular flexibility index (Phi) is 2.40. The van der Waals surface area contributed by atoms with Crippen molar-refractivity contribution in [2.75, 3.05) is 13.2 Å². The molecule has 0 aromatic heterocycles. The van der Waals surface area contributed by atoms with Gasteiger partial charge in [-0.25, -0.2) is 4.79 Å². The maximum Gasteiger partial charge on any atom is 0.410 e. The van der Waals surface area contributed by atoms with Crippen molar-refractivity contribution in [3.05, 3.63) is 0 Å². The number of nitrogens with zero attached hydrogens (tertiary/aromatic N) is 1. The number of amides is 1. The molecule has 13 heavy (non-hydrogen) atoms. The van der Waals surface area contributed by atoms with E-state index in [4.69, 9.17) is 10.5 Å². The molecule has 1 amide bonds. The first-order valence-corrected chi connectivity index (χ1v) is 4.98. The number of hydrogen-bond acceptors (Lipinski definition) is 3. The predicted molar refractivity (Wildman–Crippen MR) is 48.3 cm³/mol. The fraction of sp³-hybridized carbons (Fsp3) is 0.889.